The average Bonchev–Trinajstić information content (AvgIpc) is 2.76. The van der Waals surface area contributed by atoms with Gasteiger partial charge in [0.1, 0.15) is 0 Å². The van der Waals surface area contributed by atoms with E-state index >= 15 is 0 Å². The first kappa shape index (κ1) is 12.5. The molecule has 0 bridgehead atoms. The van der Waals surface area contributed by atoms with E-state index in [0.717, 1.165) is 15.9 Å². The Morgan fingerprint density at radius 3 is 2.94 bits per heavy atom. The van der Waals surface area contributed by atoms with Crippen molar-refractivity contribution in [2.75, 3.05) is 5.43 Å². The van der Waals surface area contributed by atoms with Gasteiger partial charge in [0.25, 0.3) is 0 Å². The summed E-state index contributed by atoms with van der Waals surface area (Å²) in [5, 5.41) is 13.4. The second-order valence-corrected chi connectivity index (χ2v) is 4.87. The highest BCUT2D eigenvalue weighted by molar-refractivity contribution is 7.22. The molecule has 0 unspecified atom stereocenters. The molecule has 0 aliphatic carbocycles. The molecule has 1 aromatic heterocycles. The summed E-state index contributed by atoms with van der Waals surface area (Å²) in [6.45, 7) is 1.79. The Morgan fingerprint density at radius 2 is 2.22 bits per heavy atom. The number of carboxylic acids is 1. The van der Waals surface area contributed by atoms with Gasteiger partial charge in [0, 0.05) is 5.71 Å². The summed E-state index contributed by atoms with van der Waals surface area (Å²) in [7, 11) is 0. The highest BCUT2D eigenvalue weighted by Crippen LogP contribution is 2.25. The minimum atomic E-state index is -0.815. The Hall–Kier alpha value is -1.95. The standard InChI is InChI=1S/C12H13N3O2S/c1-8(6-7-11(16)17)14-15-12-13-9-4-2-3-5-10(9)18-12/h2-5H,6-7H2,1H3,(H,13,15)(H,16,17)/b14-8+. The lowest BCUT2D eigenvalue weighted by Gasteiger charge is -1.98. The maximum Gasteiger partial charge on any atom is 0.303 e. The van der Waals surface area contributed by atoms with Gasteiger partial charge in [-0.25, -0.2) is 4.98 Å². The van der Waals surface area contributed by atoms with E-state index in [9.17, 15) is 4.79 Å². The molecule has 0 radical (unpaired) electrons. The summed E-state index contributed by atoms with van der Waals surface area (Å²) in [5.41, 5.74) is 4.54. The lowest BCUT2D eigenvalue weighted by atomic mass is 10.2. The molecular weight excluding hydrogens is 250 g/mol. The van der Waals surface area contributed by atoms with Crippen molar-refractivity contribution in [3.8, 4) is 0 Å². The van der Waals surface area contributed by atoms with E-state index < -0.39 is 5.97 Å². The number of nitrogens with zero attached hydrogens (tertiary/aromatic N) is 2. The molecule has 6 heteroatoms. The van der Waals surface area contributed by atoms with Crippen molar-refractivity contribution in [2.45, 2.75) is 19.8 Å². The van der Waals surface area contributed by atoms with Crippen LogP contribution in [0.25, 0.3) is 10.2 Å². The topological polar surface area (TPSA) is 74.6 Å². The predicted molar refractivity (Wildman–Crippen MR) is 73.2 cm³/mol. The fourth-order valence-electron chi connectivity index (χ4n) is 1.41. The van der Waals surface area contributed by atoms with Gasteiger partial charge in [0.05, 0.1) is 16.6 Å². The number of thiazole rings is 1. The number of aromatic nitrogens is 1. The fourth-order valence-corrected chi connectivity index (χ4v) is 2.22. The molecule has 0 saturated carbocycles. The number of para-hydroxylation sites is 1. The zero-order valence-electron chi connectivity index (χ0n) is 9.88. The number of anilines is 1. The molecule has 0 aliphatic heterocycles. The molecule has 5 nitrogen and oxygen atoms in total. The second kappa shape index (κ2) is 5.59. The maximum atomic E-state index is 10.4. The SMILES string of the molecule is C/C(CCC(=O)O)=N\Nc1nc2ccccc2s1. The Balaban J connectivity index is 2.00. The van der Waals surface area contributed by atoms with Gasteiger partial charge in [-0.05, 0) is 25.5 Å². The summed E-state index contributed by atoms with van der Waals surface area (Å²) >= 11 is 1.52. The number of carboxylic acid groups (broad SMARTS) is 1. The number of fused-ring (bicyclic) bond motifs is 1. The molecule has 2 aromatic rings. The van der Waals surface area contributed by atoms with E-state index in [4.69, 9.17) is 5.11 Å². The zero-order valence-corrected chi connectivity index (χ0v) is 10.7. The Labute approximate surface area is 108 Å². The lowest BCUT2D eigenvalue weighted by Crippen LogP contribution is -2.02. The summed E-state index contributed by atoms with van der Waals surface area (Å²) < 4.78 is 1.10. The number of carbonyl (C=O) groups is 1. The molecule has 0 aliphatic rings. The quantitative estimate of drug-likeness (QED) is 0.642. The second-order valence-electron chi connectivity index (χ2n) is 3.84. The van der Waals surface area contributed by atoms with Crippen molar-refractivity contribution < 1.29 is 9.90 Å². The first-order valence-electron chi connectivity index (χ1n) is 5.51. The molecule has 0 atom stereocenters. The number of nitrogens with one attached hydrogen (secondary N) is 1. The number of rotatable bonds is 5. The van der Waals surface area contributed by atoms with Gasteiger partial charge in [-0.3, -0.25) is 10.2 Å². The Bertz CT molecular complexity index is 559. The third-order valence-corrected chi connectivity index (χ3v) is 3.28. The third kappa shape index (κ3) is 3.27. The molecule has 0 saturated heterocycles. The third-order valence-electron chi connectivity index (χ3n) is 2.34. The van der Waals surface area contributed by atoms with Crippen LogP contribution in [0.5, 0.6) is 0 Å². The minimum Gasteiger partial charge on any atom is -0.481 e. The summed E-state index contributed by atoms with van der Waals surface area (Å²) in [6.07, 6.45) is 0.532. The molecule has 1 heterocycles. The first-order chi connectivity index (χ1) is 8.65. The molecule has 2 N–H and O–H groups in total. The molecule has 1 aromatic carbocycles. The molecule has 0 amide bonds. The largest absolute Gasteiger partial charge is 0.481 e. The normalized spacial score (nSPS) is 11.7. The monoisotopic (exact) mass is 263 g/mol. The van der Waals surface area contributed by atoms with Crippen molar-refractivity contribution in [1.82, 2.24) is 4.98 Å². The maximum absolute atomic E-state index is 10.4. The van der Waals surface area contributed by atoms with E-state index in [1.165, 1.54) is 11.3 Å². The fraction of sp³-hybridized carbons (Fsp3) is 0.250. The number of aliphatic carboxylic acids is 1. The van der Waals surface area contributed by atoms with Crippen LogP contribution in [0.4, 0.5) is 5.13 Å². The van der Waals surface area contributed by atoms with Crippen LogP contribution in [0, 0.1) is 0 Å². The summed E-state index contributed by atoms with van der Waals surface area (Å²) in [5.74, 6) is -0.815. The minimum absolute atomic E-state index is 0.0941. The molecule has 94 valence electrons. The van der Waals surface area contributed by atoms with Gasteiger partial charge in [0.2, 0.25) is 5.13 Å². The lowest BCUT2D eigenvalue weighted by molar-refractivity contribution is -0.136. The van der Waals surface area contributed by atoms with Crippen LogP contribution in [0.2, 0.25) is 0 Å². The zero-order chi connectivity index (χ0) is 13.0. The highest BCUT2D eigenvalue weighted by Gasteiger charge is 2.02. The molecular formula is C12H13N3O2S. The number of hydrazone groups is 1. The number of hydrogen-bond acceptors (Lipinski definition) is 5. The van der Waals surface area contributed by atoms with Crippen LogP contribution in [-0.2, 0) is 4.79 Å². The Morgan fingerprint density at radius 1 is 1.44 bits per heavy atom. The van der Waals surface area contributed by atoms with Crippen LogP contribution in [0.3, 0.4) is 0 Å². The van der Waals surface area contributed by atoms with Gasteiger partial charge in [-0.1, -0.05) is 23.5 Å². The van der Waals surface area contributed by atoms with Crippen molar-refractivity contribution >= 4 is 38.4 Å². The van der Waals surface area contributed by atoms with Crippen molar-refractivity contribution in [1.29, 1.82) is 0 Å². The van der Waals surface area contributed by atoms with E-state index in [2.05, 4.69) is 15.5 Å². The van der Waals surface area contributed by atoms with E-state index in [-0.39, 0.29) is 6.42 Å². The van der Waals surface area contributed by atoms with E-state index in [1.54, 1.807) is 6.92 Å². The van der Waals surface area contributed by atoms with Gasteiger partial charge in [-0.15, -0.1) is 0 Å². The smallest absolute Gasteiger partial charge is 0.303 e. The predicted octanol–water partition coefficient (Wildman–Crippen LogP) is 2.95. The van der Waals surface area contributed by atoms with Crippen LogP contribution in [0.1, 0.15) is 19.8 Å². The van der Waals surface area contributed by atoms with Crippen LogP contribution < -0.4 is 5.43 Å². The van der Waals surface area contributed by atoms with E-state index in [0.29, 0.717) is 11.6 Å². The van der Waals surface area contributed by atoms with Gasteiger partial charge in [0.15, 0.2) is 0 Å². The van der Waals surface area contributed by atoms with Crippen LogP contribution in [-0.4, -0.2) is 21.8 Å². The van der Waals surface area contributed by atoms with E-state index in [1.807, 2.05) is 24.3 Å². The first-order valence-corrected chi connectivity index (χ1v) is 6.33. The molecule has 2 rings (SSSR count). The van der Waals surface area contributed by atoms with Crippen molar-refractivity contribution in [3.05, 3.63) is 24.3 Å². The summed E-state index contributed by atoms with van der Waals surface area (Å²) in [4.78, 5) is 14.8. The Kier molecular flexibility index (Phi) is 3.88. The molecule has 0 fully saturated rings. The number of benzene rings is 1. The average molecular weight is 263 g/mol. The van der Waals surface area contributed by atoms with Gasteiger partial charge >= 0.3 is 5.97 Å². The molecule has 0 spiro atoms. The van der Waals surface area contributed by atoms with Crippen LogP contribution in [0.15, 0.2) is 29.4 Å². The van der Waals surface area contributed by atoms with Crippen LogP contribution >= 0.6 is 11.3 Å². The summed E-state index contributed by atoms with van der Waals surface area (Å²) in [6, 6.07) is 7.84. The molecule has 18 heavy (non-hydrogen) atoms. The van der Waals surface area contributed by atoms with Crippen molar-refractivity contribution in [2.24, 2.45) is 5.10 Å². The van der Waals surface area contributed by atoms with Crippen molar-refractivity contribution in [3.63, 3.8) is 0 Å². The highest BCUT2D eigenvalue weighted by atomic mass is 32.1. The van der Waals surface area contributed by atoms with Gasteiger partial charge in [-0.2, -0.15) is 5.10 Å². The number of hydrogen-bond donors (Lipinski definition) is 2. The van der Waals surface area contributed by atoms with Gasteiger partial charge < -0.3 is 5.11 Å².